The summed E-state index contributed by atoms with van der Waals surface area (Å²) in [7, 11) is 3.72. The minimum atomic E-state index is -0.299. The number of benzene rings is 3. The van der Waals surface area contributed by atoms with Crippen molar-refractivity contribution in [2.45, 2.75) is 12.5 Å². The third kappa shape index (κ3) is 7.47. The molecule has 6 rings (SSSR count). The highest BCUT2D eigenvalue weighted by Crippen LogP contribution is 2.40. The van der Waals surface area contributed by atoms with Crippen molar-refractivity contribution >= 4 is 34.6 Å². The zero-order chi connectivity index (χ0) is 32.8. The number of methoxy groups -OCH3 is 1. The van der Waals surface area contributed by atoms with Crippen LogP contribution in [-0.4, -0.2) is 72.8 Å². The highest BCUT2D eigenvalue weighted by atomic mass is 16.7. The SMILES string of the molecule is C=CC(=O)Nc1cc(Nc2cc(N3OCC[C@@H]3c3cccc(C#Cc4cccc(O)c4)c3)ncn2)c(OC)cc1N1CCN(C)CC1. The van der Waals surface area contributed by atoms with E-state index in [9.17, 15) is 9.90 Å². The second kappa shape index (κ2) is 14.2. The summed E-state index contributed by atoms with van der Waals surface area (Å²) in [5, 5.41) is 17.9. The molecule has 1 atom stereocenters. The van der Waals surface area contributed by atoms with Crippen molar-refractivity contribution in [2.24, 2.45) is 0 Å². The first-order valence-corrected chi connectivity index (χ1v) is 15.4. The maximum atomic E-state index is 12.4. The average Bonchev–Trinajstić information content (AvgIpc) is 3.59. The van der Waals surface area contributed by atoms with Crippen LogP contribution in [0.5, 0.6) is 11.5 Å². The molecule has 11 nitrogen and oxygen atoms in total. The van der Waals surface area contributed by atoms with Gasteiger partial charge >= 0.3 is 0 Å². The van der Waals surface area contributed by atoms with Gasteiger partial charge in [0.15, 0.2) is 5.82 Å². The van der Waals surface area contributed by atoms with Gasteiger partial charge in [-0.05, 0) is 55.1 Å². The zero-order valence-electron chi connectivity index (χ0n) is 26.4. The lowest BCUT2D eigenvalue weighted by atomic mass is 10.0. The molecule has 0 unspecified atom stereocenters. The second-order valence-corrected chi connectivity index (χ2v) is 11.3. The number of aromatic nitrogens is 2. The summed E-state index contributed by atoms with van der Waals surface area (Å²) in [5.41, 5.74) is 4.79. The van der Waals surface area contributed by atoms with Crippen LogP contribution in [-0.2, 0) is 9.63 Å². The summed E-state index contributed by atoms with van der Waals surface area (Å²) in [6, 6.07) is 20.5. The van der Waals surface area contributed by atoms with Crippen LogP contribution in [0.2, 0.25) is 0 Å². The molecule has 0 saturated carbocycles. The number of hydrogen-bond acceptors (Lipinski definition) is 10. The van der Waals surface area contributed by atoms with Gasteiger partial charge in [0, 0.05) is 55.9 Å². The summed E-state index contributed by atoms with van der Waals surface area (Å²) >= 11 is 0. The van der Waals surface area contributed by atoms with Gasteiger partial charge in [-0.2, -0.15) is 0 Å². The number of rotatable bonds is 8. The van der Waals surface area contributed by atoms with Gasteiger partial charge in [-0.3, -0.25) is 9.63 Å². The van der Waals surface area contributed by atoms with E-state index in [1.54, 1.807) is 30.4 Å². The van der Waals surface area contributed by atoms with Crippen molar-refractivity contribution in [2.75, 3.05) is 67.5 Å². The fraction of sp³-hybridized carbons (Fsp3) is 0.250. The van der Waals surface area contributed by atoms with E-state index in [4.69, 9.17) is 9.57 Å². The fourth-order valence-electron chi connectivity index (χ4n) is 5.65. The number of carbonyl (C=O) groups excluding carboxylic acids is 1. The molecule has 3 aromatic carbocycles. The Morgan fingerprint density at radius 2 is 1.79 bits per heavy atom. The van der Waals surface area contributed by atoms with Gasteiger partial charge in [0.05, 0.1) is 36.8 Å². The summed E-state index contributed by atoms with van der Waals surface area (Å²) in [6.45, 7) is 7.62. The molecule has 1 amide bonds. The number of phenolic OH excluding ortho intramolecular Hbond substituents is 1. The predicted octanol–water partition coefficient (Wildman–Crippen LogP) is 5.09. The van der Waals surface area contributed by atoms with Gasteiger partial charge in [0.1, 0.15) is 23.6 Å². The van der Waals surface area contributed by atoms with Crippen molar-refractivity contribution in [3.05, 3.63) is 102 Å². The van der Waals surface area contributed by atoms with Gasteiger partial charge < -0.3 is 30.3 Å². The Labute approximate surface area is 274 Å². The molecule has 4 aromatic rings. The maximum Gasteiger partial charge on any atom is 0.247 e. The summed E-state index contributed by atoms with van der Waals surface area (Å²) in [5.74, 6) is 7.93. The monoisotopic (exact) mass is 631 g/mol. The minimum absolute atomic E-state index is 0.0848. The molecule has 0 spiro atoms. The Balaban J connectivity index is 1.25. The first kappa shape index (κ1) is 31.4. The third-order valence-corrected chi connectivity index (χ3v) is 8.12. The van der Waals surface area contributed by atoms with Crippen LogP contribution in [0.4, 0.5) is 28.7 Å². The van der Waals surface area contributed by atoms with Crippen LogP contribution < -0.4 is 25.3 Å². The fourth-order valence-corrected chi connectivity index (χ4v) is 5.65. The van der Waals surface area contributed by atoms with Crippen molar-refractivity contribution in [1.29, 1.82) is 0 Å². The van der Waals surface area contributed by atoms with Gasteiger partial charge in [0.2, 0.25) is 5.91 Å². The van der Waals surface area contributed by atoms with Crippen LogP contribution in [0.15, 0.2) is 85.7 Å². The zero-order valence-corrected chi connectivity index (χ0v) is 26.4. The quantitative estimate of drug-likeness (QED) is 0.179. The number of aromatic hydroxyl groups is 1. The number of ether oxygens (including phenoxy) is 1. The lowest BCUT2D eigenvalue weighted by Gasteiger charge is -2.35. The molecule has 2 saturated heterocycles. The molecule has 0 aliphatic carbocycles. The van der Waals surface area contributed by atoms with Gasteiger partial charge in [-0.1, -0.05) is 36.6 Å². The van der Waals surface area contributed by atoms with Crippen molar-refractivity contribution in [3.8, 4) is 23.3 Å². The Morgan fingerprint density at radius 3 is 2.53 bits per heavy atom. The topological polar surface area (TPSA) is 115 Å². The molecule has 2 aliphatic rings. The van der Waals surface area contributed by atoms with Gasteiger partial charge in [-0.25, -0.2) is 15.0 Å². The Morgan fingerprint density at radius 1 is 1.02 bits per heavy atom. The van der Waals surface area contributed by atoms with E-state index in [0.29, 0.717) is 35.4 Å². The third-order valence-electron chi connectivity index (χ3n) is 8.12. The minimum Gasteiger partial charge on any atom is -0.508 e. The predicted molar refractivity (Wildman–Crippen MR) is 183 cm³/mol. The molecule has 1 aromatic heterocycles. The molecule has 2 aliphatic heterocycles. The van der Waals surface area contributed by atoms with Crippen molar-refractivity contribution in [1.82, 2.24) is 14.9 Å². The largest absolute Gasteiger partial charge is 0.508 e. The first-order valence-electron chi connectivity index (χ1n) is 15.4. The van der Waals surface area contributed by atoms with E-state index in [-0.39, 0.29) is 17.7 Å². The molecule has 3 heterocycles. The highest BCUT2D eigenvalue weighted by molar-refractivity contribution is 6.02. The number of amides is 1. The van der Waals surface area contributed by atoms with Crippen molar-refractivity contribution < 1.29 is 19.5 Å². The van der Waals surface area contributed by atoms with E-state index < -0.39 is 0 Å². The van der Waals surface area contributed by atoms with E-state index >= 15 is 0 Å². The lowest BCUT2D eigenvalue weighted by molar-refractivity contribution is -0.111. The number of anilines is 5. The number of phenols is 1. The van der Waals surface area contributed by atoms with E-state index in [1.165, 1.54) is 12.4 Å². The Hall–Kier alpha value is -5.57. The van der Waals surface area contributed by atoms with E-state index in [0.717, 1.165) is 55.0 Å². The van der Waals surface area contributed by atoms with Crippen LogP contribution in [0.25, 0.3) is 0 Å². The smallest absolute Gasteiger partial charge is 0.247 e. The molecule has 240 valence electrons. The lowest BCUT2D eigenvalue weighted by Crippen LogP contribution is -2.44. The van der Waals surface area contributed by atoms with Gasteiger partial charge in [0.25, 0.3) is 0 Å². The molecular formula is C36H37N7O4. The van der Waals surface area contributed by atoms with Crippen LogP contribution >= 0.6 is 0 Å². The molecule has 0 radical (unpaired) electrons. The Kier molecular flexibility index (Phi) is 9.52. The Bertz CT molecular complexity index is 1830. The first-order chi connectivity index (χ1) is 22.9. The second-order valence-electron chi connectivity index (χ2n) is 11.3. The normalized spacial score (nSPS) is 16.3. The molecule has 0 bridgehead atoms. The molecule has 3 N–H and O–H groups in total. The van der Waals surface area contributed by atoms with Gasteiger partial charge in [-0.15, -0.1) is 0 Å². The molecular weight excluding hydrogens is 594 g/mol. The molecule has 2 fully saturated rings. The standard InChI is InChI=1S/C36H37N7O4/c1-4-36(45)40-29-21-30(33(46-3)22-32(29)42-16-14-41(2)15-17-42)39-34-23-35(38-24-37-34)43-31(13-18-47-43)27-9-5-7-25(19-27)11-12-26-8-6-10-28(44)20-26/h4-10,19-24,31,44H,1,13-18H2,2-3H3,(H,40,45)(H,37,38,39)/t31-/m1/s1. The highest BCUT2D eigenvalue weighted by Gasteiger charge is 2.29. The average molecular weight is 632 g/mol. The number of nitrogens with one attached hydrogen (secondary N) is 2. The molecule has 47 heavy (non-hydrogen) atoms. The number of likely N-dealkylation sites (N-methyl/N-ethyl adjacent to an activating group) is 1. The number of hydrogen-bond donors (Lipinski definition) is 3. The van der Waals surface area contributed by atoms with Crippen LogP contribution in [0.1, 0.15) is 29.2 Å². The summed E-state index contributed by atoms with van der Waals surface area (Å²) < 4.78 is 5.79. The van der Waals surface area contributed by atoms with E-state index in [2.05, 4.69) is 61.9 Å². The number of carbonyl (C=O) groups is 1. The van der Waals surface area contributed by atoms with E-state index in [1.807, 2.05) is 42.5 Å². The molecule has 11 heteroatoms. The number of nitrogens with zero attached hydrogens (tertiary/aromatic N) is 5. The van der Waals surface area contributed by atoms with Crippen LogP contribution in [0.3, 0.4) is 0 Å². The summed E-state index contributed by atoms with van der Waals surface area (Å²) in [4.78, 5) is 32.0. The maximum absolute atomic E-state index is 12.4. The number of hydroxylamine groups is 1. The van der Waals surface area contributed by atoms with Crippen molar-refractivity contribution in [3.63, 3.8) is 0 Å². The number of piperazine rings is 1. The summed E-state index contributed by atoms with van der Waals surface area (Å²) in [6.07, 6.45) is 3.51. The van der Waals surface area contributed by atoms with Crippen LogP contribution in [0, 0.1) is 11.8 Å².